The molecule has 656 valence electrons. The first-order valence-corrected chi connectivity index (χ1v) is 45.8. The van der Waals surface area contributed by atoms with E-state index >= 15 is 0 Å². The summed E-state index contributed by atoms with van der Waals surface area (Å²) in [7, 11) is 0. The van der Waals surface area contributed by atoms with Gasteiger partial charge in [0.15, 0.2) is 0 Å². The number of benzene rings is 10. The van der Waals surface area contributed by atoms with Crippen LogP contribution in [0.25, 0.3) is 0 Å². The maximum absolute atomic E-state index is 14.3. The molecular weight excluding hydrogens is 1530 g/mol. The van der Waals surface area contributed by atoms with Crippen molar-refractivity contribution in [1.29, 1.82) is 0 Å². The molecule has 1 aliphatic rings. The van der Waals surface area contributed by atoms with Gasteiger partial charge >= 0.3 is 0 Å². The summed E-state index contributed by atoms with van der Waals surface area (Å²) in [6.07, 6.45) is 17.7. The van der Waals surface area contributed by atoms with Crippen LogP contribution in [-0.2, 0) is 79.3 Å². The van der Waals surface area contributed by atoms with E-state index < -0.39 is 0 Å². The van der Waals surface area contributed by atoms with Crippen LogP contribution in [-0.4, -0.2) is 47.4 Å². The summed E-state index contributed by atoms with van der Waals surface area (Å²) in [5.41, 5.74) is 39.2. The quantitative estimate of drug-likeness (QED) is 0.0166. The summed E-state index contributed by atoms with van der Waals surface area (Å²) < 4.78 is 14.5. The number of rotatable bonds is 43. The molecule has 0 aliphatic heterocycles. The van der Waals surface area contributed by atoms with Gasteiger partial charge in [0.05, 0.1) is 19.3 Å². The Labute approximate surface area is 750 Å². The van der Waals surface area contributed by atoms with Gasteiger partial charge in [-0.25, -0.2) is 0 Å². The number of nitrogens with zero attached hydrogens (tertiary/aromatic N) is 4. The van der Waals surface area contributed by atoms with Crippen molar-refractivity contribution in [2.45, 2.75) is 267 Å². The number of allylic oxidation sites excluding steroid dienone is 6. The molecule has 1 aliphatic carbocycles. The summed E-state index contributed by atoms with van der Waals surface area (Å²) in [6, 6.07) is 60.9. The molecule has 11 rings (SSSR count). The highest BCUT2D eigenvalue weighted by Gasteiger charge is 2.29. The van der Waals surface area contributed by atoms with Crippen LogP contribution in [0.5, 0.6) is 17.2 Å². The van der Waals surface area contributed by atoms with E-state index in [0.717, 1.165) is 115 Å². The van der Waals surface area contributed by atoms with E-state index in [-0.39, 0.29) is 30.4 Å². The summed E-state index contributed by atoms with van der Waals surface area (Å²) >= 11 is 0. The van der Waals surface area contributed by atoms with Crippen molar-refractivity contribution in [2.24, 2.45) is 0 Å². The molecule has 0 radical (unpaired) electrons. The van der Waals surface area contributed by atoms with E-state index in [1.807, 2.05) is 0 Å². The third kappa shape index (κ3) is 25.5. The summed E-state index contributed by atoms with van der Waals surface area (Å²) in [5, 5.41) is 27.5. The predicted molar refractivity (Wildman–Crippen MR) is 525 cm³/mol. The summed E-state index contributed by atoms with van der Waals surface area (Å²) in [5.74, 6) is 1.63. The molecule has 2 N–H and O–H groups in total. The van der Waals surface area contributed by atoms with Gasteiger partial charge in [-0.3, -0.25) is 0 Å². The van der Waals surface area contributed by atoms with Crippen molar-refractivity contribution in [3.8, 4) is 17.2 Å². The number of anilines is 3. The van der Waals surface area contributed by atoms with Crippen molar-refractivity contribution < 1.29 is 29.3 Å². The van der Waals surface area contributed by atoms with E-state index in [0.29, 0.717) is 107 Å². The Balaban J connectivity index is 1.20. The van der Waals surface area contributed by atoms with E-state index in [1.54, 1.807) is 0 Å². The van der Waals surface area contributed by atoms with Crippen LogP contribution in [0.15, 0.2) is 222 Å². The molecule has 10 aromatic rings. The van der Waals surface area contributed by atoms with Crippen LogP contribution in [0, 0.1) is 96.9 Å². The van der Waals surface area contributed by atoms with E-state index in [9.17, 15) is 19.8 Å². The van der Waals surface area contributed by atoms with Crippen LogP contribution in [0.4, 0.5) is 17.1 Å². The maximum atomic E-state index is 14.3. The van der Waals surface area contributed by atoms with Crippen LogP contribution in [0.2, 0.25) is 0 Å². The number of aryl methyl sites for hydroxylation is 15. The van der Waals surface area contributed by atoms with Gasteiger partial charge in [-0.05, 0) is 314 Å². The third-order valence-corrected chi connectivity index (χ3v) is 25.8. The molecule has 0 bridgehead atoms. The molecule has 10 aromatic carbocycles. The smallest absolute Gasteiger partial charge is 0.126 e. The van der Waals surface area contributed by atoms with Crippen LogP contribution in [0.3, 0.4) is 0 Å². The van der Waals surface area contributed by atoms with Gasteiger partial charge in [0.25, 0.3) is 0 Å². The zero-order chi connectivity index (χ0) is 89.7. The summed E-state index contributed by atoms with van der Waals surface area (Å²) in [6.45, 7) is 51.7. The average molecular weight is 1670 g/mol. The van der Waals surface area contributed by atoms with Gasteiger partial charge in [-0.1, -0.05) is 203 Å². The molecule has 10 nitrogen and oxygen atoms in total. The Morgan fingerprint density at radius 1 is 0.424 bits per heavy atom. The molecule has 0 heterocycles. The molecule has 1 atom stereocenters. The van der Waals surface area contributed by atoms with E-state index in [1.165, 1.54) is 134 Å². The Morgan fingerprint density at radius 3 is 1.25 bits per heavy atom. The summed E-state index contributed by atoms with van der Waals surface area (Å²) in [4.78, 5) is 33.6. The minimum Gasteiger partial charge on any atom is -0.507 e. The number of hydrogen-bond acceptors (Lipinski definition) is 10. The fourth-order valence-corrected chi connectivity index (χ4v) is 18.2. The third-order valence-electron chi connectivity index (χ3n) is 25.8. The number of phenolic OH excluding ortho intramolecular Hbond substituents is 2. The van der Waals surface area contributed by atoms with Crippen molar-refractivity contribution in [3.05, 3.63) is 373 Å². The van der Waals surface area contributed by atoms with Gasteiger partial charge in [0.2, 0.25) is 0 Å². The van der Waals surface area contributed by atoms with Gasteiger partial charge in [0, 0.05) is 134 Å². The van der Waals surface area contributed by atoms with Gasteiger partial charge in [-0.2, -0.15) is 0 Å². The number of carbonyl (C=O) groups excluding carboxylic acids is 2. The SMILES string of the molecule is C=C(OCCCCCC=O)/C(=C\C(=C/C)N(Cc1ccc(C)cc1C)Cc1ccc(C)cc1C)Cc1cc(N(Cc2ccc(C)cc2C)C(C)c2ccc(C)cc2C)cc(Cc2cc(N(Cc3ccc(C)cc3C)Cc3ccc(C)cc3C)cc(Cc3cc(N(CC4=C(C)C=C(C)CC4)Cc4ccc(C)cc4C)cc(CC)c3O)c2OCCCCCC=O)c1O. The second kappa shape index (κ2) is 44.5. The Morgan fingerprint density at radius 2 is 0.816 bits per heavy atom. The lowest BCUT2D eigenvalue weighted by molar-refractivity contribution is -0.108. The fourth-order valence-electron chi connectivity index (χ4n) is 18.2. The lowest BCUT2D eigenvalue weighted by Gasteiger charge is -2.34. The Kier molecular flexibility index (Phi) is 33.6. The molecule has 0 saturated heterocycles. The molecule has 0 fully saturated rings. The van der Waals surface area contributed by atoms with Crippen molar-refractivity contribution >= 4 is 29.6 Å². The number of aldehydes is 2. The Bertz CT molecular complexity index is 5520. The first-order valence-electron chi connectivity index (χ1n) is 45.8. The number of unbranched alkanes of at least 4 members (excludes halogenated alkanes) is 6. The molecule has 0 aromatic heterocycles. The van der Waals surface area contributed by atoms with Crippen molar-refractivity contribution in [2.75, 3.05) is 34.5 Å². The molecule has 125 heavy (non-hydrogen) atoms. The second-order valence-corrected chi connectivity index (χ2v) is 36.3. The number of ether oxygens (including phenoxy) is 2. The van der Waals surface area contributed by atoms with Crippen molar-refractivity contribution in [3.63, 3.8) is 0 Å². The first-order chi connectivity index (χ1) is 60.0. The number of hydrogen-bond donors (Lipinski definition) is 2. The second-order valence-electron chi connectivity index (χ2n) is 36.3. The highest BCUT2D eigenvalue weighted by atomic mass is 16.5. The lowest BCUT2D eigenvalue weighted by Crippen LogP contribution is -2.27. The van der Waals surface area contributed by atoms with Crippen LogP contribution in [0.1, 0.15) is 255 Å². The molecule has 0 amide bonds. The van der Waals surface area contributed by atoms with E-state index in [2.05, 4.69) is 333 Å². The van der Waals surface area contributed by atoms with E-state index in [4.69, 9.17) is 16.1 Å². The molecule has 0 spiro atoms. The van der Waals surface area contributed by atoms with Gasteiger partial charge in [-0.15, -0.1) is 0 Å². The highest BCUT2D eigenvalue weighted by molar-refractivity contribution is 5.67. The minimum atomic E-state index is -0.164. The fraction of sp³-hybridized carbons (Fsp3) is 0.374. The monoisotopic (exact) mass is 1670 g/mol. The zero-order valence-corrected chi connectivity index (χ0v) is 78.8. The molecule has 1 unspecified atom stereocenters. The van der Waals surface area contributed by atoms with Crippen molar-refractivity contribution in [1.82, 2.24) is 4.90 Å². The number of carbonyl (C=O) groups is 2. The van der Waals surface area contributed by atoms with Gasteiger partial charge < -0.3 is 48.9 Å². The normalized spacial score (nSPS) is 12.6. The standard InChI is InChI=1S/C115H140N4O6/c1-21-94-62-109(117(71-97-41-33-78(5)53-86(97)13)72-98-42-34-79(6)54-87(98)14)64-104(113(94)122)60-106-67-110(118(73-99-43-35-80(7)55-88(99)15)74-100-44-36-81(8)56-89(100)16)68-107(115(106)125-50-30-26-24-28-48-121)61-105-66-111(119(75-101-45-37-82(9)57-90(101)17)92(19)112-46-38-83(10)58-91(112)18)65-103(114(105)123)59-102(93(20)124-49-29-25-23-27-47-120)63-108(22-2)116(69-95-39-31-76(3)51-84(95)11)70-96-40-32-77(4)52-85(96)12/h22,31-33,35-41,43-48,51-58,62-68,92,122-123H,20-21,23-30,34,42,49-50,59-61,69-75H2,1-19H3/b102-63-,108-22+. The first kappa shape index (κ1) is 94.3. The van der Waals surface area contributed by atoms with Crippen LogP contribution >= 0.6 is 0 Å². The topological polar surface area (TPSA) is 106 Å². The Hall–Kier alpha value is -11.4. The maximum Gasteiger partial charge on any atom is 0.126 e. The lowest BCUT2D eigenvalue weighted by atomic mass is 9.91. The molecule has 10 heteroatoms. The average Bonchev–Trinajstić information content (AvgIpc) is 0.770. The number of phenols is 2. The molecule has 0 saturated carbocycles. The van der Waals surface area contributed by atoms with Gasteiger partial charge in [0.1, 0.15) is 35.6 Å². The largest absolute Gasteiger partial charge is 0.507 e. The predicted octanol–water partition coefficient (Wildman–Crippen LogP) is 27.7. The zero-order valence-electron chi connectivity index (χ0n) is 78.8. The number of aromatic hydroxyl groups is 2. The molecular formula is C115H140N4O6. The highest BCUT2D eigenvalue weighted by Crippen LogP contribution is 2.45. The minimum absolute atomic E-state index is 0.154. The van der Waals surface area contributed by atoms with Crippen LogP contribution < -0.4 is 19.4 Å².